The molecule has 1 saturated heterocycles. The van der Waals surface area contributed by atoms with Crippen LogP contribution in [0.3, 0.4) is 0 Å². The normalized spacial score (nSPS) is 14.8. The number of hydrogen-bond acceptors (Lipinski definition) is 5. The lowest BCUT2D eigenvalue weighted by Crippen LogP contribution is -2.32. The summed E-state index contributed by atoms with van der Waals surface area (Å²) in [5.41, 5.74) is 0. The fourth-order valence-corrected chi connectivity index (χ4v) is 2.79. The van der Waals surface area contributed by atoms with Gasteiger partial charge in [-0.3, -0.25) is 9.69 Å². The summed E-state index contributed by atoms with van der Waals surface area (Å²) in [4.78, 5) is 24.0. The molecule has 1 aliphatic rings. The number of hydrogen-bond donors (Lipinski definition) is 1. The van der Waals surface area contributed by atoms with Crippen LogP contribution in [-0.4, -0.2) is 50.4 Å². The number of nitrogens with zero attached hydrogens (tertiary/aromatic N) is 4. The van der Waals surface area contributed by atoms with Gasteiger partial charge in [0.1, 0.15) is 5.82 Å². The quantitative estimate of drug-likeness (QED) is 0.348. The van der Waals surface area contributed by atoms with Gasteiger partial charge in [-0.25, -0.2) is 4.79 Å². The van der Waals surface area contributed by atoms with E-state index in [0.29, 0.717) is 13.1 Å². The van der Waals surface area contributed by atoms with Gasteiger partial charge in [-0.05, 0) is 13.3 Å². The third-order valence-electron chi connectivity index (χ3n) is 2.91. The van der Waals surface area contributed by atoms with Gasteiger partial charge >= 0.3 is 6.03 Å². The summed E-state index contributed by atoms with van der Waals surface area (Å²) in [6.45, 7) is 6.83. The van der Waals surface area contributed by atoms with Crippen molar-refractivity contribution in [1.82, 2.24) is 25.0 Å². The number of aromatic nitrogens is 3. The zero-order valence-electron chi connectivity index (χ0n) is 11.3. The Morgan fingerprint density at radius 1 is 1.45 bits per heavy atom. The predicted molar refractivity (Wildman–Crippen MR) is 75.4 cm³/mol. The summed E-state index contributed by atoms with van der Waals surface area (Å²) >= 11 is 1.57. The molecule has 1 aromatic rings. The number of carbonyl (C=O) groups excluding carboxylic acids is 2. The number of aryl methyl sites for hydroxylation is 1. The summed E-state index contributed by atoms with van der Waals surface area (Å²) in [7, 11) is 0. The van der Waals surface area contributed by atoms with E-state index in [4.69, 9.17) is 0 Å². The van der Waals surface area contributed by atoms with Gasteiger partial charge in [-0.2, -0.15) is 0 Å². The van der Waals surface area contributed by atoms with Crippen molar-refractivity contribution in [3.8, 4) is 0 Å². The van der Waals surface area contributed by atoms with Crippen molar-refractivity contribution < 1.29 is 9.59 Å². The number of allylic oxidation sites excluding steroid dienone is 1. The smallest absolute Gasteiger partial charge is 0.324 e. The Hall–Kier alpha value is -1.83. The monoisotopic (exact) mass is 295 g/mol. The second-order valence-electron chi connectivity index (χ2n) is 4.34. The van der Waals surface area contributed by atoms with E-state index in [2.05, 4.69) is 22.1 Å². The Kier molecular flexibility index (Phi) is 4.78. The number of urea groups is 1. The molecule has 0 radical (unpaired) electrons. The lowest BCUT2D eigenvalue weighted by atomic mass is 10.4. The van der Waals surface area contributed by atoms with Crippen molar-refractivity contribution in [3.05, 3.63) is 18.5 Å². The molecule has 0 aliphatic carbocycles. The summed E-state index contributed by atoms with van der Waals surface area (Å²) in [5, 5.41) is 11.5. The van der Waals surface area contributed by atoms with Crippen LogP contribution in [0.25, 0.3) is 0 Å². The van der Waals surface area contributed by atoms with Crippen molar-refractivity contribution in [1.29, 1.82) is 0 Å². The second kappa shape index (κ2) is 6.56. The van der Waals surface area contributed by atoms with E-state index in [-0.39, 0.29) is 18.5 Å². The summed E-state index contributed by atoms with van der Waals surface area (Å²) < 4.78 is 1.98. The molecule has 0 saturated carbocycles. The molecule has 1 fully saturated rings. The second-order valence-corrected chi connectivity index (χ2v) is 5.40. The molecule has 0 atom stereocenters. The highest BCUT2D eigenvalue weighted by Crippen LogP contribution is 2.18. The summed E-state index contributed by atoms with van der Waals surface area (Å²) in [6.07, 6.45) is 2.53. The van der Waals surface area contributed by atoms with Crippen molar-refractivity contribution in [2.45, 2.75) is 25.0 Å². The van der Waals surface area contributed by atoms with Crippen LogP contribution >= 0.6 is 11.8 Å². The molecule has 0 bridgehead atoms. The molecule has 8 heteroatoms. The SMILES string of the molecule is C=CCn1c(C)nnc1SCCCN1C(=O)CNC1=O. The van der Waals surface area contributed by atoms with E-state index < -0.39 is 0 Å². The van der Waals surface area contributed by atoms with Crippen molar-refractivity contribution >= 4 is 23.7 Å². The van der Waals surface area contributed by atoms with Crippen LogP contribution in [0.2, 0.25) is 0 Å². The van der Waals surface area contributed by atoms with Gasteiger partial charge in [0, 0.05) is 18.8 Å². The van der Waals surface area contributed by atoms with Crippen molar-refractivity contribution in [2.24, 2.45) is 0 Å². The number of nitrogens with one attached hydrogen (secondary N) is 1. The number of thioether (sulfide) groups is 1. The lowest BCUT2D eigenvalue weighted by Gasteiger charge is -2.11. The minimum atomic E-state index is -0.300. The van der Waals surface area contributed by atoms with Crippen LogP contribution in [0, 0.1) is 6.92 Å². The highest BCUT2D eigenvalue weighted by molar-refractivity contribution is 7.99. The molecular weight excluding hydrogens is 278 g/mol. The third-order valence-corrected chi connectivity index (χ3v) is 3.96. The molecule has 2 heterocycles. The summed E-state index contributed by atoms with van der Waals surface area (Å²) in [6, 6.07) is -0.300. The largest absolute Gasteiger partial charge is 0.329 e. The Labute approximate surface area is 121 Å². The maximum atomic E-state index is 11.4. The fourth-order valence-electron chi connectivity index (χ4n) is 1.88. The van der Waals surface area contributed by atoms with Gasteiger partial charge in [-0.1, -0.05) is 17.8 Å². The number of amides is 3. The molecule has 0 aromatic carbocycles. The van der Waals surface area contributed by atoms with Gasteiger partial charge in [0.05, 0.1) is 6.54 Å². The lowest BCUT2D eigenvalue weighted by molar-refractivity contribution is -0.124. The maximum Gasteiger partial charge on any atom is 0.324 e. The molecule has 1 aromatic heterocycles. The first kappa shape index (κ1) is 14.6. The van der Waals surface area contributed by atoms with Gasteiger partial charge in [0.15, 0.2) is 5.16 Å². The standard InChI is InChI=1S/C12H17N5O2S/c1-3-5-16-9(2)14-15-12(16)20-7-4-6-17-10(18)8-13-11(17)19/h3H,1,4-8H2,2H3,(H,13,19). The maximum absolute atomic E-state index is 11.4. The van der Waals surface area contributed by atoms with Crippen LogP contribution in [0.15, 0.2) is 17.8 Å². The number of carbonyl (C=O) groups is 2. The minimum absolute atomic E-state index is 0.110. The molecule has 3 amide bonds. The molecule has 1 N–H and O–H groups in total. The molecule has 2 rings (SSSR count). The molecule has 0 spiro atoms. The predicted octanol–water partition coefficient (Wildman–Crippen LogP) is 0.807. The topological polar surface area (TPSA) is 80.1 Å². The van der Waals surface area contributed by atoms with Crippen LogP contribution < -0.4 is 5.32 Å². The highest BCUT2D eigenvalue weighted by atomic mass is 32.2. The zero-order chi connectivity index (χ0) is 14.5. The van der Waals surface area contributed by atoms with E-state index in [1.807, 2.05) is 11.5 Å². The highest BCUT2D eigenvalue weighted by Gasteiger charge is 2.27. The Morgan fingerprint density at radius 2 is 2.25 bits per heavy atom. The van der Waals surface area contributed by atoms with Gasteiger partial charge in [-0.15, -0.1) is 16.8 Å². The number of imide groups is 1. The van der Waals surface area contributed by atoms with Gasteiger partial charge < -0.3 is 9.88 Å². The van der Waals surface area contributed by atoms with Gasteiger partial charge in [0.2, 0.25) is 5.91 Å². The Balaban J connectivity index is 1.80. The summed E-state index contributed by atoms with van der Waals surface area (Å²) in [5.74, 6) is 1.46. The van der Waals surface area contributed by atoms with Crippen LogP contribution in [0.1, 0.15) is 12.2 Å². The Morgan fingerprint density at radius 3 is 2.90 bits per heavy atom. The Bertz CT molecular complexity index is 512. The van der Waals surface area contributed by atoms with Crippen molar-refractivity contribution in [2.75, 3.05) is 18.8 Å². The first-order chi connectivity index (χ1) is 9.63. The molecule has 20 heavy (non-hydrogen) atoms. The average molecular weight is 295 g/mol. The van der Waals surface area contributed by atoms with E-state index in [1.54, 1.807) is 17.8 Å². The average Bonchev–Trinajstić information content (AvgIpc) is 2.93. The van der Waals surface area contributed by atoms with Crippen LogP contribution in [0.5, 0.6) is 0 Å². The fraction of sp³-hybridized carbons (Fsp3) is 0.500. The van der Waals surface area contributed by atoms with Gasteiger partial charge in [0.25, 0.3) is 0 Å². The van der Waals surface area contributed by atoms with Crippen LogP contribution in [-0.2, 0) is 11.3 Å². The molecular formula is C12H17N5O2S. The van der Waals surface area contributed by atoms with Crippen molar-refractivity contribution in [3.63, 3.8) is 0 Å². The van der Waals surface area contributed by atoms with E-state index in [1.165, 1.54) is 4.90 Å². The van der Waals surface area contributed by atoms with Crippen LogP contribution in [0.4, 0.5) is 4.79 Å². The molecule has 0 unspecified atom stereocenters. The first-order valence-corrected chi connectivity index (χ1v) is 7.33. The van der Waals surface area contributed by atoms with E-state index >= 15 is 0 Å². The minimum Gasteiger partial charge on any atom is -0.329 e. The molecule has 108 valence electrons. The van der Waals surface area contributed by atoms with E-state index in [0.717, 1.165) is 23.2 Å². The zero-order valence-corrected chi connectivity index (χ0v) is 12.2. The third kappa shape index (κ3) is 3.19. The molecule has 1 aliphatic heterocycles. The van der Waals surface area contributed by atoms with E-state index in [9.17, 15) is 9.59 Å². The number of rotatable bonds is 7. The first-order valence-electron chi connectivity index (χ1n) is 6.35. The molecule has 7 nitrogen and oxygen atoms in total.